The zero-order valence-electron chi connectivity index (χ0n) is 10.8. The van der Waals surface area contributed by atoms with Gasteiger partial charge in [-0.3, -0.25) is 0 Å². The van der Waals surface area contributed by atoms with E-state index in [0.717, 1.165) is 38.3 Å². The predicted octanol–water partition coefficient (Wildman–Crippen LogP) is 1.92. The third kappa shape index (κ3) is 3.62. The van der Waals surface area contributed by atoms with Crippen molar-refractivity contribution >= 4 is 0 Å². The Bertz CT molecular complexity index is 375. The van der Waals surface area contributed by atoms with Crippen LogP contribution in [0.3, 0.4) is 0 Å². The maximum Gasteiger partial charge on any atom is 0.160 e. The number of hydrogen-bond donors (Lipinski definition) is 2. The molecule has 1 fully saturated rings. The Balaban J connectivity index is 1.71. The van der Waals surface area contributed by atoms with Gasteiger partial charge >= 0.3 is 0 Å². The Hall–Kier alpha value is -1.26. The van der Waals surface area contributed by atoms with Crippen LogP contribution in [0.1, 0.15) is 18.4 Å². The van der Waals surface area contributed by atoms with E-state index in [4.69, 9.17) is 9.47 Å². The van der Waals surface area contributed by atoms with Crippen LogP contribution in [0.15, 0.2) is 18.2 Å². The molecule has 2 rings (SSSR count). The van der Waals surface area contributed by atoms with E-state index in [1.54, 1.807) is 19.2 Å². The van der Waals surface area contributed by atoms with Gasteiger partial charge < -0.3 is 19.9 Å². The first kappa shape index (κ1) is 13.2. The lowest BCUT2D eigenvalue weighted by Gasteiger charge is -2.10. The summed E-state index contributed by atoms with van der Waals surface area (Å²) in [4.78, 5) is 0. The molecule has 1 aliphatic rings. The van der Waals surface area contributed by atoms with Gasteiger partial charge in [0, 0.05) is 19.8 Å². The van der Waals surface area contributed by atoms with E-state index in [1.807, 2.05) is 6.07 Å². The topological polar surface area (TPSA) is 50.7 Å². The Morgan fingerprint density at radius 2 is 2.39 bits per heavy atom. The molecule has 0 saturated carbocycles. The number of rotatable bonds is 6. The molecule has 1 aromatic carbocycles. The summed E-state index contributed by atoms with van der Waals surface area (Å²) in [6.07, 6.45) is 2.34. The molecule has 1 aliphatic heterocycles. The van der Waals surface area contributed by atoms with Crippen LogP contribution in [0, 0.1) is 5.92 Å². The molecule has 2 N–H and O–H groups in total. The molecule has 1 aromatic rings. The van der Waals surface area contributed by atoms with E-state index in [9.17, 15) is 5.11 Å². The molecule has 1 heterocycles. The van der Waals surface area contributed by atoms with E-state index in [-0.39, 0.29) is 5.75 Å². The van der Waals surface area contributed by atoms with Crippen molar-refractivity contribution in [3.05, 3.63) is 23.8 Å². The maximum absolute atomic E-state index is 9.65. The van der Waals surface area contributed by atoms with Crippen LogP contribution in [0.25, 0.3) is 0 Å². The number of methoxy groups -OCH3 is 1. The smallest absolute Gasteiger partial charge is 0.160 e. The van der Waals surface area contributed by atoms with Crippen LogP contribution in [0.2, 0.25) is 0 Å². The average Bonchev–Trinajstić information content (AvgIpc) is 2.88. The van der Waals surface area contributed by atoms with E-state index >= 15 is 0 Å². The molecule has 0 amide bonds. The highest BCUT2D eigenvalue weighted by Crippen LogP contribution is 2.26. The van der Waals surface area contributed by atoms with Crippen molar-refractivity contribution in [2.24, 2.45) is 5.92 Å². The Kier molecular flexibility index (Phi) is 4.84. The van der Waals surface area contributed by atoms with Crippen molar-refractivity contribution in [2.45, 2.75) is 19.4 Å². The second kappa shape index (κ2) is 6.61. The fraction of sp³-hybridized carbons (Fsp3) is 0.571. The van der Waals surface area contributed by atoms with Crippen molar-refractivity contribution in [2.75, 3.05) is 26.9 Å². The molecule has 4 nitrogen and oxygen atoms in total. The van der Waals surface area contributed by atoms with E-state index in [2.05, 4.69) is 5.32 Å². The van der Waals surface area contributed by atoms with Gasteiger partial charge in [-0.2, -0.15) is 0 Å². The highest BCUT2D eigenvalue weighted by molar-refractivity contribution is 5.41. The van der Waals surface area contributed by atoms with Gasteiger partial charge in [0.2, 0.25) is 0 Å². The molecule has 18 heavy (non-hydrogen) atoms. The van der Waals surface area contributed by atoms with Crippen LogP contribution in [0.4, 0.5) is 0 Å². The molecule has 0 radical (unpaired) electrons. The molecule has 4 heteroatoms. The van der Waals surface area contributed by atoms with Gasteiger partial charge in [0.1, 0.15) is 0 Å². The highest BCUT2D eigenvalue weighted by atomic mass is 16.5. The van der Waals surface area contributed by atoms with Gasteiger partial charge in [0.25, 0.3) is 0 Å². The average molecular weight is 251 g/mol. The minimum Gasteiger partial charge on any atom is -0.504 e. The van der Waals surface area contributed by atoms with Crippen LogP contribution in [0.5, 0.6) is 11.5 Å². The van der Waals surface area contributed by atoms with Crippen LogP contribution in [-0.4, -0.2) is 32.0 Å². The Labute approximate surface area is 108 Å². The van der Waals surface area contributed by atoms with Crippen LogP contribution in [-0.2, 0) is 11.3 Å². The third-order valence-electron chi connectivity index (χ3n) is 3.33. The summed E-state index contributed by atoms with van der Waals surface area (Å²) in [7, 11) is 1.55. The quantitative estimate of drug-likeness (QED) is 0.758. The molecule has 0 bridgehead atoms. The number of phenols is 1. The van der Waals surface area contributed by atoms with E-state index < -0.39 is 0 Å². The van der Waals surface area contributed by atoms with Crippen molar-refractivity contribution in [1.82, 2.24) is 5.32 Å². The number of nitrogens with one attached hydrogen (secondary N) is 1. The second-order valence-corrected chi connectivity index (χ2v) is 4.70. The Morgan fingerprint density at radius 3 is 3.06 bits per heavy atom. The summed E-state index contributed by atoms with van der Waals surface area (Å²) in [5.41, 5.74) is 1.07. The minimum atomic E-state index is 0.195. The van der Waals surface area contributed by atoms with Gasteiger partial charge in [0.05, 0.1) is 7.11 Å². The lowest BCUT2D eigenvalue weighted by atomic mass is 10.1. The molecule has 0 aromatic heterocycles. The molecule has 1 unspecified atom stereocenters. The number of phenolic OH excluding ortho intramolecular Hbond substituents is 1. The molecule has 1 atom stereocenters. The highest BCUT2D eigenvalue weighted by Gasteiger charge is 2.14. The predicted molar refractivity (Wildman–Crippen MR) is 69.9 cm³/mol. The lowest BCUT2D eigenvalue weighted by Crippen LogP contribution is -2.17. The number of aromatic hydroxyl groups is 1. The third-order valence-corrected chi connectivity index (χ3v) is 3.33. The van der Waals surface area contributed by atoms with Crippen LogP contribution < -0.4 is 10.1 Å². The number of benzene rings is 1. The molecule has 1 saturated heterocycles. The van der Waals surface area contributed by atoms with E-state index in [1.165, 1.54) is 6.42 Å². The minimum absolute atomic E-state index is 0.195. The number of hydrogen-bond acceptors (Lipinski definition) is 4. The van der Waals surface area contributed by atoms with Gasteiger partial charge in [-0.15, -0.1) is 0 Å². The number of ether oxygens (including phenoxy) is 2. The Morgan fingerprint density at radius 1 is 1.50 bits per heavy atom. The zero-order chi connectivity index (χ0) is 12.8. The van der Waals surface area contributed by atoms with Crippen LogP contribution >= 0.6 is 0 Å². The molecule has 0 spiro atoms. The molecule has 100 valence electrons. The molecular formula is C14H21NO3. The summed E-state index contributed by atoms with van der Waals surface area (Å²) < 4.78 is 10.3. The largest absolute Gasteiger partial charge is 0.504 e. The first-order valence-electron chi connectivity index (χ1n) is 6.44. The van der Waals surface area contributed by atoms with Crippen molar-refractivity contribution in [3.63, 3.8) is 0 Å². The summed E-state index contributed by atoms with van der Waals surface area (Å²) >= 11 is 0. The van der Waals surface area contributed by atoms with E-state index in [0.29, 0.717) is 11.7 Å². The summed E-state index contributed by atoms with van der Waals surface area (Å²) in [5.74, 6) is 1.42. The van der Waals surface area contributed by atoms with Crippen molar-refractivity contribution in [3.8, 4) is 11.5 Å². The first-order chi connectivity index (χ1) is 8.79. The van der Waals surface area contributed by atoms with Gasteiger partial charge in [-0.1, -0.05) is 6.07 Å². The van der Waals surface area contributed by atoms with Gasteiger partial charge in [0.15, 0.2) is 11.5 Å². The lowest BCUT2D eigenvalue weighted by molar-refractivity contribution is 0.184. The molecule has 0 aliphatic carbocycles. The van der Waals surface area contributed by atoms with Gasteiger partial charge in [-0.05, 0) is 43.0 Å². The summed E-state index contributed by atoms with van der Waals surface area (Å²) in [6.45, 7) is 3.58. The fourth-order valence-corrected chi connectivity index (χ4v) is 2.20. The zero-order valence-corrected chi connectivity index (χ0v) is 10.8. The maximum atomic E-state index is 9.65. The first-order valence-corrected chi connectivity index (χ1v) is 6.44. The second-order valence-electron chi connectivity index (χ2n) is 4.70. The monoisotopic (exact) mass is 251 g/mol. The molecular weight excluding hydrogens is 230 g/mol. The SMILES string of the molecule is COc1ccc(CNCCC2CCOC2)cc1O. The standard InChI is InChI=1S/C14H21NO3/c1-17-14-3-2-12(8-13(14)16)9-15-6-4-11-5-7-18-10-11/h2-3,8,11,15-16H,4-7,9-10H2,1H3. The van der Waals surface area contributed by atoms with Gasteiger partial charge in [-0.25, -0.2) is 0 Å². The normalized spacial score (nSPS) is 19.1. The van der Waals surface area contributed by atoms with Crippen molar-refractivity contribution in [1.29, 1.82) is 0 Å². The van der Waals surface area contributed by atoms with Crippen molar-refractivity contribution < 1.29 is 14.6 Å². The fourth-order valence-electron chi connectivity index (χ4n) is 2.20. The summed E-state index contributed by atoms with van der Waals surface area (Å²) in [5, 5.41) is 13.0. The summed E-state index contributed by atoms with van der Waals surface area (Å²) in [6, 6.07) is 5.49.